The molecule has 0 radical (unpaired) electrons. The van der Waals surface area contributed by atoms with Crippen LogP contribution in [0, 0.1) is 0 Å². The molecule has 4 aliphatic heterocycles. The molecule has 4 aliphatic rings. The Morgan fingerprint density at radius 2 is 1.39 bits per heavy atom. The lowest BCUT2D eigenvalue weighted by atomic mass is 9.98. The van der Waals surface area contributed by atoms with Crippen molar-refractivity contribution in [3.8, 4) is 22.9 Å². The van der Waals surface area contributed by atoms with Gasteiger partial charge in [0.25, 0.3) is 5.91 Å². The molecule has 9 rings (SSSR count). The van der Waals surface area contributed by atoms with E-state index in [1.165, 1.54) is 6.07 Å². The number of piperazine rings is 2. The number of phenolic OH excluding ortho intramolecular Hbond substituents is 2. The summed E-state index contributed by atoms with van der Waals surface area (Å²) in [6.45, 7) is 13.4. The van der Waals surface area contributed by atoms with Gasteiger partial charge in [0.2, 0.25) is 25.1 Å². The summed E-state index contributed by atoms with van der Waals surface area (Å²) < 4.78 is 19.8. The van der Waals surface area contributed by atoms with Gasteiger partial charge in [-0.15, -0.1) is 11.3 Å². The number of nitrogens with two attached hydrogens (primary N) is 1. The van der Waals surface area contributed by atoms with Crippen LogP contribution in [-0.4, -0.2) is 168 Å². The number of morpholine rings is 1. The molecule has 1 atom stereocenters. The minimum Gasteiger partial charge on any atom is -0.508 e. The molecule has 69 heavy (non-hydrogen) atoms. The second kappa shape index (κ2) is 20.7. The number of anilines is 2. The van der Waals surface area contributed by atoms with Crippen LogP contribution in [0.5, 0.6) is 11.5 Å². The summed E-state index contributed by atoms with van der Waals surface area (Å²) in [5.74, 6) is 0.685. The van der Waals surface area contributed by atoms with Gasteiger partial charge in [-0.2, -0.15) is 0 Å². The molecule has 19 nitrogen and oxygen atoms in total. The van der Waals surface area contributed by atoms with Crippen LogP contribution in [-0.2, 0) is 45.1 Å². The van der Waals surface area contributed by atoms with Crippen LogP contribution < -0.4 is 10.6 Å². The molecule has 366 valence electrons. The van der Waals surface area contributed by atoms with Crippen LogP contribution >= 0.6 is 18.7 Å². The Hall–Kier alpha value is -5.76. The van der Waals surface area contributed by atoms with E-state index in [0.717, 1.165) is 50.7 Å². The Morgan fingerprint density at radius 3 is 2.03 bits per heavy atom. The summed E-state index contributed by atoms with van der Waals surface area (Å²) in [7, 11) is -3.71. The van der Waals surface area contributed by atoms with Gasteiger partial charge in [-0.3, -0.25) is 28.7 Å². The number of benzene rings is 2. The third kappa shape index (κ3) is 11.3. The van der Waals surface area contributed by atoms with E-state index in [1.54, 1.807) is 44.5 Å². The lowest BCUT2D eigenvalue weighted by molar-refractivity contribution is -0.133. The molecular formula is C48H60N11O8PS. The van der Waals surface area contributed by atoms with Crippen LogP contribution in [0.3, 0.4) is 0 Å². The van der Waals surface area contributed by atoms with Crippen LogP contribution in [0.2, 0.25) is 0 Å². The molecule has 5 N–H and O–H groups in total. The number of nitrogens with zero attached hydrogens (tertiary/aromatic N) is 10. The van der Waals surface area contributed by atoms with Crippen molar-refractivity contribution in [1.82, 2.24) is 44.4 Å². The van der Waals surface area contributed by atoms with E-state index >= 15 is 0 Å². The Morgan fingerprint density at radius 1 is 0.768 bits per heavy atom. The van der Waals surface area contributed by atoms with E-state index in [0.29, 0.717) is 109 Å². The molecule has 3 fully saturated rings. The fraction of sp³-hybridized carbons (Fsp3) is 0.479. The number of phenols is 2. The van der Waals surface area contributed by atoms with Gasteiger partial charge in [0.1, 0.15) is 11.5 Å². The molecule has 21 heteroatoms. The highest BCUT2D eigenvalue weighted by Crippen LogP contribution is 2.42. The minimum absolute atomic E-state index is 0.0153. The average molecular weight is 982 g/mol. The fourth-order valence-electron chi connectivity index (χ4n) is 9.46. The normalized spacial score (nSPS) is 18.0. The van der Waals surface area contributed by atoms with Gasteiger partial charge in [-0.25, -0.2) is 19.9 Å². The van der Waals surface area contributed by atoms with Gasteiger partial charge in [-0.1, -0.05) is 32.0 Å². The van der Waals surface area contributed by atoms with Crippen LogP contribution in [0.15, 0.2) is 48.8 Å². The first-order chi connectivity index (χ1) is 33.2. The van der Waals surface area contributed by atoms with Crippen molar-refractivity contribution >= 4 is 58.4 Å². The third-order valence-electron chi connectivity index (χ3n) is 13.5. The molecule has 3 amide bonds. The number of nitrogen functional groups attached to an aromatic ring is 1. The highest BCUT2D eigenvalue weighted by molar-refractivity contribution is 7.58. The maximum atomic E-state index is 13.5. The molecule has 3 aromatic heterocycles. The maximum absolute atomic E-state index is 13.5. The van der Waals surface area contributed by atoms with Crippen molar-refractivity contribution in [2.24, 2.45) is 0 Å². The van der Waals surface area contributed by atoms with Crippen molar-refractivity contribution in [1.29, 1.82) is 0 Å². The average Bonchev–Trinajstić information content (AvgIpc) is 3.97. The number of ether oxygens (including phenoxy) is 1. The van der Waals surface area contributed by atoms with Gasteiger partial charge in [0.05, 0.1) is 34.6 Å². The standard InChI is InChI=1S/C48H60N11O8PS/c1-31(2)37-23-38(41(61)24-40(37)60)47(64)59-28-33-4-3-32(21-34(33)29-59)27-54-7-11-56(12-8-54)42(62)5-19-68(65,66)20-6-43(63)57-13-9-55(10-14-57)30-36-22-39-44(69-36)46(58-15-17-67-18-16-58)53-45(52-39)35-25-50-48(49)51-26-35/h3-4,21-26,31,60-61H,5-20,27-30H2,1-2H3,(H,65,66)(H2,49,50,51). The number of hydrogen-bond donors (Lipinski definition) is 4. The number of hydrogen-bond acceptors (Lipinski definition) is 16. The van der Waals surface area contributed by atoms with Crippen LogP contribution in [0.1, 0.15) is 70.1 Å². The summed E-state index contributed by atoms with van der Waals surface area (Å²) in [5, 5.41) is 20.7. The highest BCUT2D eigenvalue weighted by atomic mass is 32.1. The van der Waals surface area contributed by atoms with Crippen molar-refractivity contribution < 1.29 is 38.8 Å². The molecule has 3 saturated heterocycles. The number of rotatable bonds is 14. The molecule has 0 bridgehead atoms. The molecule has 2 aromatic carbocycles. The van der Waals surface area contributed by atoms with Crippen molar-refractivity contribution in [2.45, 2.75) is 58.8 Å². The number of thiophene rings is 1. The van der Waals surface area contributed by atoms with Gasteiger partial charge in [0, 0.05) is 140 Å². The predicted octanol–water partition coefficient (Wildman–Crippen LogP) is 4.30. The van der Waals surface area contributed by atoms with Crippen molar-refractivity contribution in [2.75, 3.05) is 102 Å². The zero-order chi connectivity index (χ0) is 48.4. The topological polar surface area (TPSA) is 235 Å². The van der Waals surface area contributed by atoms with Crippen LogP contribution in [0.25, 0.3) is 21.6 Å². The molecule has 7 heterocycles. The fourth-order valence-corrected chi connectivity index (χ4v) is 11.9. The Balaban J connectivity index is 0.696. The molecule has 5 aromatic rings. The molecule has 0 spiro atoms. The maximum Gasteiger partial charge on any atom is 0.258 e. The van der Waals surface area contributed by atoms with Crippen molar-refractivity contribution in [3.05, 3.63) is 81.5 Å². The van der Waals surface area contributed by atoms with E-state index in [-0.39, 0.29) is 71.8 Å². The summed E-state index contributed by atoms with van der Waals surface area (Å²) in [6, 6.07) is 11.1. The monoisotopic (exact) mass is 981 g/mol. The molecular weight excluding hydrogens is 922 g/mol. The van der Waals surface area contributed by atoms with Crippen molar-refractivity contribution in [3.63, 3.8) is 0 Å². The quantitative estimate of drug-likeness (QED) is 0.114. The highest BCUT2D eigenvalue weighted by Gasteiger charge is 2.31. The van der Waals surface area contributed by atoms with E-state index in [4.69, 9.17) is 20.4 Å². The number of fused-ring (bicyclic) bond motifs is 2. The van der Waals surface area contributed by atoms with Gasteiger partial charge < -0.3 is 45.2 Å². The lowest BCUT2D eigenvalue weighted by Crippen LogP contribution is -2.48. The van der Waals surface area contributed by atoms with Gasteiger partial charge >= 0.3 is 0 Å². The second-order valence-corrected chi connectivity index (χ2v) is 22.4. The summed E-state index contributed by atoms with van der Waals surface area (Å²) in [5.41, 5.74) is 11.2. The number of carbonyl (C=O) groups is 3. The summed E-state index contributed by atoms with van der Waals surface area (Å²) >= 11 is 1.67. The summed E-state index contributed by atoms with van der Waals surface area (Å²) in [6.07, 6.45) is 2.86. The van der Waals surface area contributed by atoms with E-state index in [1.807, 2.05) is 19.9 Å². The SMILES string of the molecule is CC(C)c1cc(C(=O)N2Cc3ccc(CN4CCN(C(=O)CCP(=O)(O)CCC(=O)N5CCN(Cc6cc7nc(-c8cnc(N)nc8)nc(N8CCOCC8)c7s6)CC5)CC4)cc3C2)c(O)cc1O. The van der Waals surface area contributed by atoms with E-state index in [2.05, 4.69) is 42.9 Å². The predicted molar refractivity (Wildman–Crippen MR) is 262 cm³/mol. The summed E-state index contributed by atoms with van der Waals surface area (Å²) in [4.78, 5) is 82.0. The first kappa shape index (κ1) is 48.3. The number of aromatic hydroxyl groups is 2. The lowest BCUT2D eigenvalue weighted by Gasteiger charge is -2.35. The Kier molecular flexibility index (Phi) is 14.5. The van der Waals surface area contributed by atoms with E-state index in [9.17, 15) is 34.1 Å². The number of amides is 3. The molecule has 0 aliphatic carbocycles. The third-order valence-corrected chi connectivity index (χ3v) is 16.5. The Bertz CT molecular complexity index is 2750. The molecule has 1 unspecified atom stereocenters. The smallest absolute Gasteiger partial charge is 0.258 e. The Labute approximate surface area is 405 Å². The molecule has 0 saturated carbocycles. The van der Waals surface area contributed by atoms with Gasteiger partial charge in [-0.05, 0) is 40.3 Å². The zero-order valence-electron chi connectivity index (χ0n) is 39.1. The second-order valence-electron chi connectivity index (χ2n) is 18.7. The first-order valence-electron chi connectivity index (χ1n) is 23.6. The zero-order valence-corrected chi connectivity index (χ0v) is 40.8. The number of carbonyl (C=O) groups excluding carboxylic acids is 3. The van der Waals surface area contributed by atoms with Gasteiger partial charge in [0.15, 0.2) is 11.6 Å². The van der Waals surface area contributed by atoms with Crippen LogP contribution in [0.4, 0.5) is 11.8 Å². The number of aromatic nitrogens is 4. The first-order valence-corrected chi connectivity index (χ1v) is 26.5. The minimum atomic E-state index is -3.71. The van der Waals surface area contributed by atoms with E-state index < -0.39 is 7.37 Å². The largest absolute Gasteiger partial charge is 0.508 e.